The van der Waals surface area contributed by atoms with Crippen LogP contribution in [-0.2, 0) is 15.3 Å². The van der Waals surface area contributed by atoms with E-state index in [1.54, 1.807) is 47.1 Å². The van der Waals surface area contributed by atoms with Crippen molar-refractivity contribution in [3.8, 4) is 17.2 Å². The lowest BCUT2D eigenvalue weighted by Crippen LogP contribution is -2.21. The molecule has 5 aromatic rings. The Bertz CT molecular complexity index is 1980. The third kappa shape index (κ3) is 6.79. The molecule has 0 radical (unpaired) electrons. The number of urea groups is 2. The number of carbonyl (C=O) groups is 2. The molecule has 0 saturated heterocycles. The van der Waals surface area contributed by atoms with E-state index < -0.39 is 21.9 Å². The van der Waals surface area contributed by atoms with Gasteiger partial charge in [-0.05, 0) is 42.5 Å². The number of nitrogens with zero attached hydrogens (tertiary/aromatic N) is 3. The van der Waals surface area contributed by atoms with Gasteiger partial charge in [0.1, 0.15) is 23.1 Å². The van der Waals surface area contributed by atoms with Gasteiger partial charge in [0.05, 0.1) is 22.0 Å². The highest BCUT2D eigenvalue weighted by Crippen LogP contribution is 2.35. The molecule has 0 aliphatic heterocycles. The van der Waals surface area contributed by atoms with Gasteiger partial charge in [-0.1, -0.05) is 45.0 Å². The molecule has 5 N–H and O–H groups in total. The standard InChI is InChI=1S/C31H31N7O5S/c1-31(2,3)26-18-28(38(37-26)19-9-11-21(12-10-19)44(4,41)42)36-30(40)34-24-13-14-25(23-8-6-5-7-22(23)24)43-20-15-16-33-27(17-20)35-29(32)39/h5-18H,1-4H3,(H2,34,36,40)(H3,32,33,35,39). The molecule has 2 aromatic heterocycles. The van der Waals surface area contributed by atoms with Crippen LogP contribution in [-0.4, -0.2) is 41.5 Å². The maximum absolute atomic E-state index is 13.3. The number of hydrogen-bond donors (Lipinski definition) is 4. The smallest absolute Gasteiger partial charge is 0.324 e. The average molecular weight is 614 g/mol. The van der Waals surface area contributed by atoms with Crippen LogP contribution in [0.3, 0.4) is 0 Å². The normalized spacial score (nSPS) is 11.6. The average Bonchev–Trinajstić information content (AvgIpc) is 3.38. The molecule has 0 atom stereocenters. The SMILES string of the molecule is CC(C)(C)c1cc(NC(=O)Nc2ccc(Oc3ccnc(NC(N)=O)c3)c3ccccc23)n(-c2ccc(S(C)(=O)=O)cc2)n1. The van der Waals surface area contributed by atoms with Gasteiger partial charge in [-0.3, -0.25) is 10.6 Å². The van der Waals surface area contributed by atoms with Crippen LogP contribution in [0.4, 0.5) is 26.9 Å². The number of hydrogen-bond acceptors (Lipinski definition) is 7. The van der Waals surface area contributed by atoms with Gasteiger partial charge in [0.25, 0.3) is 0 Å². The summed E-state index contributed by atoms with van der Waals surface area (Å²) in [7, 11) is -3.37. The van der Waals surface area contributed by atoms with Crippen molar-refractivity contribution < 1.29 is 22.7 Å². The summed E-state index contributed by atoms with van der Waals surface area (Å²) < 4.78 is 31.5. The molecule has 0 fully saturated rings. The van der Waals surface area contributed by atoms with Crippen molar-refractivity contribution in [2.24, 2.45) is 5.73 Å². The third-order valence-corrected chi connectivity index (χ3v) is 7.70. The van der Waals surface area contributed by atoms with Crippen molar-refractivity contribution in [2.45, 2.75) is 31.1 Å². The predicted octanol–water partition coefficient (Wildman–Crippen LogP) is 6.05. The second-order valence-corrected chi connectivity index (χ2v) is 13.1. The quantitative estimate of drug-likeness (QED) is 0.173. The van der Waals surface area contributed by atoms with Crippen LogP contribution in [0.1, 0.15) is 26.5 Å². The molecule has 44 heavy (non-hydrogen) atoms. The van der Waals surface area contributed by atoms with Crippen LogP contribution >= 0.6 is 0 Å². The van der Waals surface area contributed by atoms with Gasteiger partial charge in [0.2, 0.25) is 0 Å². The van der Waals surface area contributed by atoms with Gasteiger partial charge in [-0.2, -0.15) is 5.10 Å². The Morgan fingerprint density at radius 1 is 0.886 bits per heavy atom. The summed E-state index contributed by atoms with van der Waals surface area (Å²) in [4.78, 5) is 28.8. The molecule has 13 heteroatoms. The minimum Gasteiger partial charge on any atom is -0.457 e. The van der Waals surface area contributed by atoms with Crippen LogP contribution in [0, 0.1) is 0 Å². The molecule has 5 rings (SSSR count). The minimum atomic E-state index is -3.37. The number of carbonyl (C=O) groups excluding carboxylic acids is 2. The third-order valence-electron chi connectivity index (χ3n) is 6.57. The largest absolute Gasteiger partial charge is 0.457 e. The number of pyridine rings is 1. The summed E-state index contributed by atoms with van der Waals surface area (Å²) >= 11 is 0. The maximum atomic E-state index is 13.3. The zero-order valence-corrected chi connectivity index (χ0v) is 25.3. The Morgan fingerprint density at radius 2 is 1.59 bits per heavy atom. The van der Waals surface area contributed by atoms with Crippen molar-refractivity contribution >= 4 is 50.0 Å². The minimum absolute atomic E-state index is 0.183. The summed E-state index contributed by atoms with van der Waals surface area (Å²) in [6.07, 6.45) is 2.63. The first kappa shape index (κ1) is 30.0. The van der Waals surface area contributed by atoms with E-state index in [0.717, 1.165) is 22.7 Å². The van der Waals surface area contributed by atoms with Crippen molar-refractivity contribution in [2.75, 3.05) is 22.2 Å². The highest BCUT2D eigenvalue weighted by molar-refractivity contribution is 7.90. The van der Waals surface area contributed by atoms with E-state index in [9.17, 15) is 18.0 Å². The fraction of sp³-hybridized carbons (Fsp3) is 0.161. The second kappa shape index (κ2) is 11.7. The zero-order chi connectivity index (χ0) is 31.6. The second-order valence-electron chi connectivity index (χ2n) is 11.0. The maximum Gasteiger partial charge on any atom is 0.324 e. The molecule has 0 unspecified atom stereocenters. The number of rotatable bonds is 7. The Kier molecular flexibility index (Phi) is 7.98. The number of anilines is 3. The summed E-state index contributed by atoms with van der Waals surface area (Å²) in [5, 5.41) is 14.4. The molecule has 0 saturated carbocycles. The number of aromatic nitrogens is 3. The summed E-state index contributed by atoms with van der Waals surface area (Å²) in [5.41, 5.74) is 6.73. The van der Waals surface area contributed by atoms with Crippen LogP contribution in [0.5, 0.6) is 11.5 Å². The first-order valence-electron chi connectivity index (χ1n) is 13.5. The van der Waals surface area contributed by atoms with Crippen molar-refractivity contribution in [1.82, 2.24) is 14.8 Å². The predicted molar refractivity (Wildman–Crippen MR) is 169 cm³/mol. The first-order valence-corrected chi connectivity index (χ1v) is 15.4. The summed E-state index contributed by atoms with van der Waals surface area (Å²) in [5.74, 6) is 1.60. The Hall–Kier alpha value is -5.43. The van der Waals surface area contributed by atoms with E-state index in [1.165, 1.54) is 18.3 Å². The molecular formula is C31H31N7O5S. The molecule has 4 amide bonds. The lowest BCUT2D eigenvalue weighted by molar-refractivity contribution is 0.259. The number of nitrogens with two attached hydrogens (primary N) is 1. The van der Waals surface area contributed by atoms with E-state index in [-0.39, 0.29) is 16.1 Å². The molecule has 0 spiro atoms. The van der Waals surface area contributed by atoms with E-state index >= 15 is 0 Å². The van der Waals surface area contributed by atoms with E-state index in [1.807, 2.05) is 45.0 Å². The number of fused-ring (bicyclic) bond motifs is 1. The molecule has 3 aromatic carbocycles. The van der Waals surface area contributed by atoms with Crippen LogP contribution in [0.2, 0.25) is 0 Å². The molecule has 0 aliphatic rings. The zero-order valence-electron chi connectivity index (χ0n) is 24.5. The first-order chi connectivity index (χ1) is 20.8. The van der Waals surface area contributed by atoms with Gasteiger partial charge in [-0.25, -0.2) is 27.7 Å². The Morgan fingerprint density at radius 3 is 2.25 bits per heavy atom. The van der Waals surface area contributed by atoms with E-state index in [4.69, 9.17) is 15.6 Å². The van der Waals surface area contributed by atoms with Gasteiger partial charge in [0, 0.05) is 40.8 Å². The van der Waals surface area contributed by atoms with Crippen molar-refractivity contribution in [3.05, 3.63) is 90.8 Å². The van der Waals surface area contributed by atoms with Crippen molar-refractivity contribution in [3.63, 3.8) is 0 Å². The topological polar surface area (TPSA) is 170 Å². The number of amides is 4. The van der Waals surface area contributed by atoms with Gasteiger partial charge >= 0.3 is 12.1 Å². The molecule has 0 bridgehead atoms. The lowest BCUT2D eigenvalue weighted by Gasteiger charge is -2.14. The Balaban J connectivity index is 1.41. The van der Waals surface area contributed by atoms with Gasteiger partial charge in [0.15, 0.2) is 9.84 Å². The lowest BCUT2D eigenvalue weighted by atomic mass is 9.92. The number of sulfone groups is 1. The molecule has 0 aliphatic carbocycles. The Labute approximate surface area is 254 Å². The summed E-state index contributed by atoms with van der Waals surface area (Å²) in [6, 6.07) is 20.9. The number of ether oxygens (including phenoxy) is 1. The highest BCUT2D eigenvalue weighted by Gasteiger charge is 2.22. The molecule has 2 heterocycles. The number of nitrogens with one attached hydrogen (secondary N) is 3. The fourth-order valence-electron chi connectivity index (χ4n) is 4.40. The van der Waals surface area contributed by atoms with Gasteiger partial charge < -0.3 is 15.8 Å². The van der Waals surface area contributed by atoms with Crippen LogP contribution < -0.4 is 26.4 Å². The van der Waals surface area contributed by atoms with E-state index in [0.29, 0.717) is 28.7 Å². The monoisotopic (exact) mass is 613 g/mol. The number of primary amides is 1. The fourth-order valence-corrected chi connectivity index (χ4v) is 5.03. The number of benzene rings is 3. The summed E-state index contributed by atoms with van der Waals surface area (Å²) in [6.45, 7) is 6.02. The van der Waals surface area contributed by atoms with Crippen LogP contribution in [0.15, 0.2) is 90.0 Å². The van der Waals surface area contributed by atoms with E-state index in [2.05, 4.69) is 20.9 Å². The molecule has 226 valence electrons. The van der Waals surface area contributed by atoms with Gasteiger partial charge in [-0.15, -0.1) is 0 Å². The molecule has 12 nitrogen and oxygen atoms in total. The van der Waals surface area contributed by atoms with Crippen molar-refractivity contribution in [1.29, 1.82) is 0 Å². The molecular weight excluding hydrogens is 582 g/mol. The highest BCUT2D eigenvalue weighted by atomic mass is 32.2. The van der Waals surface area contributed by atoms with Crippen LogP contribution in [0.25, 0.3) is 16.5 Å².